The highest BCUT2D eigenvalue weighted by Gasteiger charge is 2.36. The van der Waals surface area contributed by atoms with Crippen LogP contribution in [0.15, 0.2) is 15.8 Å². The molecule has 0 spiro atoms. The minimum Gasteiger partial charge on any atom is -0.393 e. The molecule has 1 aromatic heterocycles. The van der Waals surface area contributed by atoms with Gasteiger partial charge in [-0.25, -0.2) is 9.36 Å². The number of aromatic amines is 1. The van der Waals surface area contributed by atoms with Crippen molar-refractivity contribution in [2.45, 2.75) is 31.9 Å². The van der Waals surface area contributed by atoms with Crippen molar-refractivity contribution in [2.24, 2.45) is 5.92 Å². The summed E-state index contributed by atoms with van der Waals surface area (Å²) in [6, 6.07) is -0.353. The Morgan fingerprint density at radius 1 is 1.43 bits per heavy atom. The molecule has 1 aliphatic rings. The topological polar surface area (TPSA) is 142 Å². The molecule has 0 aliphatic heterocycles. The fourth-order valence-electron chi connectivity index (χ4n) is 2.53. The van der Waals surface area contributed by atoms with Crippen molar-refractivity contribution in [1.29, 1.82) is 0 Å². The smallest absolute Gasteiger partial charge is 0.393 e. The van der Waals surface area contributed by atoms with Gasteiger partial charge in [-0.2, -0.15) is 0 Å². The van der Waals surface area contributed by atoms with Crippen molar-refractivity contribution in [1.82, 2.24) is 9.55 Å². The predicted molar refractivity (Wildman–Crippen MR) is 71.8 cm³/mol. The standard InChI is InChI=1S/C11H17N2O7P/c1-6-4-13(11(16)12-10(6)15)8-2-7(9(14)3-8)5-20-21(17,18)19/h4,7-9,14H,2-3,5H2,1H3,(H,12,15,16)(H2,17,18,19)/t7-,8-,9-/m1/s1. The first kappa shape index (κ1) is 16.1. The molecule has 4 N–H and O–H groups in total. The van der Waals surface area contributed by atoms with Crippen molar-refractivity contribution in [3.05, 3.63) is 32.6 Å². The third-order valence-electron chi connectivity index (χ3n) is 3.63. The average Bonchev–Trinajstić information content (AvgIpc) is 2.72. The van der Waals surface area contributed by atoms with Gasteiger partial charge in [0.1, 0.15) is 0 Å². The Bertz CT molecular complexity index is 676. The molecule has 10 heteroatoms. The lowest BCUT2D eigenvalue weighted by Crippen LogP contribution is -2.32. The van der Waals surface area contributed by atoms with Crippen LogP contribution in [-0.4, -0.2) is 37.2 Å². The number of aromatic nitrogens is 2. The maximum Gasteiger partial charge on any atom is 0.469 e. The molecule has 1 heterocycles. The first-order chi connectivity index (χ1) is 9.67. The van der Waals surface area contributed by atoms with E-state index < -0.39 is 31.1 Å². The minimum atomic E-state index is -4.59. The number of phosphoric ester groups is 1. The number of nitrogens with zero attached hydrogens (tertiary/aromatic N) is 1. The molecule has 0 aromatic carbocycles. The van der Waals surface area contributed by atoms with Crippen LogP contribution in [0.2, 0.25) is 0 Å². The average molecular weight is 320 g/mol. The molecule has 0 radical (unpaired) electrons. The maximum atomic E-state index is 11.8. The Kier molecular flexibility index (Phi) is 4.50. The summed E-state index contributed by atoms with van der Waals surface area (Å²) in [5.74, 6) is -0.484. The first-order valence-electron chi connectivity index (χ1n) is 6.37. The largest absolute Gasteiger partial charge is 0.469 e. The van der Waals surface area contributed by atoms with Crippen LogP contribution in [0.3, 0.4) is 0 Å². The molecule has 1 saturated carbocycles. The molecular weight excluding hydrogens is 303 g/mol. The number of rotatable bonds is 4. The molecule has 1 aliphatic carbocycles. The molecule has 2 rings (SSSR count). The minimum absolute atomic E-state index is 0.251. The van der Waals surface area contributed by atoms with Gasteiger partial charge in [-0.15, -0.1) is 0 Å². The molecular formula is C11H17N2O7P. The highest BCUT2D eigenvalue weighted by Crippen LogP contribution is 2.40. The summed E-state index contributed by atoms with van der Waals surface area (Å²) in [6.45, 7) is 1.27. The molecule has 0 amide bonds. The van der Waals surface area contributed by atoms with Crippen LogP contribution >= 0.6 is 7.82 Å². The van der Waals surface area contributed by atoms with Crippen molar-refractivity contribution in [3.8, 4) is 0 Å². The summed E-state index contributed by atoms with van der Waals surface area (Å²) in [5.41, 5.74) is -0.658. The van der Waals surface area contributed by atoms with Gasteiger partial charge in [-0.3, -0.25) is 18.9 Å². The number of phosphoric acid groups is 1. The Labute approximate surface area is 119 Å². The molecule has 1 aromatic rings. The lowest BCUT2D eigenvalue weighted by Gasteiger charge is -2.15. The summed E-state index contributed by atoms with van der Waals surface area (Å²) in [4.78, 5) is 42.6. The van der Waals surface area contributed by atoms with Crippen LogP contribution in [0.1, 0.15) is 24.4 Å². The zero-order valence-electron chi connectivity index (χ0n) is 11.3. The van der Waals surface area contributed by atoms with E-state index in [-0.39, 0.29) is 19.1 Å². The second-order valence-electron chi connectivity index (χ2n) is 5.22. The Hall–Kier alpha value is -1.25. The van der Waals surface area contributed by atoms with Gasteiger partial charge in [0.2, 0.25) is 0 Å². The summed E-state index contributed by atoms with van der Waals surface area (Å²) >= 11 is 0. The summed E-state index contributed by atoms with van der Waals surface area (Å²) in [7, 11) is -4.59. The van der Waals surface area contributed by atoms with Gasteiger partial charge in [-0.05, 0) is 19.8 Å². The number of aryl methyl sites for hydroxylation is 1. The monoisotopic (exact) mass is 320 g/mol. The van der Waals surface area contributed by atoms with E-state index in [0.29, 0.717) is 12.0 Å². The van der Waals surface area contributed by atoms with Gasteiger partial charge in [0.15, 0.2) is 0 Å². The SMILES string of the molecule is Cc1cn([C@@H]2C[C@H](COP(=O)(O)O)[C@H](O)C2)c(=O)[nH]c1=O. The molecule has 0 saturated heterocycles. The predicted octanol–water partition coefficient (Wildman–Crippen LogP) is -0.734. The van der Waals surface area contributed by atoms with Crippen LogP contribution in [0, 0.1) is 12.8 Å². The van der Waals surface area contributed by atoms with Crippen LogP contribution in [0.25, 0.3) is 0 Å². The van der Waals surface area contributed by atoms with Crippen LogP contribution < -0.4 is 11.2 Å². The van der Waals surface area contributed by atoms with E-state index in [1.165, 1.54) is 10.8 Å². The number of hydrogen-bond donors (Lipinski definition) is 4. The van der Waals surface area contributed by atoms with Gasteiger partial charge < -0.3 is 14.9 Å². The molecule has 1 fully saturated rings. The fourth-order valence-corrected chi connectivity index (χ4v) is 2.92. The zero-order valence-corrected chi connectivity index (χ0v) is 12.2. The first-order valence-corrected chi connectivity index (χ1v) is 7.90. The molecule has 0 bridgehead atoms. The molecule has 9 nitrogen and oxygen atoms in total. The maximum absolute atomic E-state index is 11.8. The van der Waals surface area contributed by atoms with E-state index in [4.69, 9.17) is 9.79 Å². The number of H-pyrrole nitrogens is 1. The number of aliphatic hydroxyl groups excluding tert-OH is 1. The summed E-state index contributed by atoms with van der Waals surface area (Å²) < 4.78 is 16.4. The molecule has 3 atom stereocenters. The van der Waals surface area contributed by atoms with Crippen molar-refractivity contribution >= 4 is 7.82 Å². The lowest BCUT2D eigenvalue weighted by atomic mass is 10.1. The summed E-state index contributed by atoms with van der Waals surface area (Å²) in [6.07, 6.45) is 1.17. The summed E-state index contributed by atoms with van der Waals surface area (Å²) in [5, 5.41) is 9.91. The third-order valence-corrected chi connectivity index (χ3v) is 4.11. The zero-order chi connectivity index (χ0) is 15.8. The van der Waals surface area contributed by atoms with Crippen LogP contribution in [0.4, 0.5) is 0 Å². The Balaban J connectivity index is 2.14. The second kappa shape index (κ2) is 5.86. The third kappa shape index (κ3) is 3.90. The molecule has 0 unspecified atom stereocenters. The number of hydrogen-bond acceptors (Lipinski definition) is 5. The number of aliphatic hydroxyl groups is 1. The fraction of sp³-hybridized carbons (Fsp3) is 0.636. The van der Waals surface area contributed by atoms with E-state index in [1.807, 2.05) is 0 Å². The highest BCUT2D eigenvalue weighted by molar-refractivity contribution is 7.46. The van der Waals surface area contributed by atoms with Crippen molar-refractivity contribution < 1.29 is 24.0 Å². The van der Waals surface area contributed by atoms with Gasteiger partial charge in [0.25, 0.3) is 5.56 Å². The molecule has 21 heavy (non-hydrogen) atoms. The normalized spacial score (nSPS) is 26.2. The highest BCUT2D eigenvalue weighted by atomic mass is 31.2. The van der Waals surface area contributed by atoms with Gasteiger partial charge in [0, 0.05) is 23.7 Å². The Morgan fingerprint density at radius 3 is 2.71 bits per heavy atom. The van der Waals surface area contributed by atoms with Crippen LogP contribution in [0.5, 0.6) is 0 Å². The van der Waals surface area contributed by atoms with Crippen molar-refractivity contribution in [2.75, 3.05) is 6.61 Å². The van der Waals surface area contributed by atoms with E-state index in [9.17, 15) is 19.3 Å². The van der Waals surface area contributed by atoms with E-state index >= 15 is 0 Å². The van der Waals surface area contributed by atoms with E-state index in [2.05, 4.69) is 9.51 Å². The van der Waals surface area contributed by atoms with Crippen molar-refractivity contribution in [3.63, 3.8) is 0 Å². The Morgan fingerprint density at radius 2 is 2.10 bits per heavy atom. The lowest BCUT2D eigenvalue weighted by molar-refractivity contribution is 0.0843. The van der Waals surface area contributed by atoms with Gasteiger partial charge >= 0.3 is 13.5 Å². The van der Waals surface area contributed by atoms with Gasteiger partial charge in [-0.1, -0.05) is 0 Å². The quantitative estimate of drug-likeness (QED) is 0.535. The number of nitrogens with one attached hydrogen (secondary N) is 1. The molecule has 118 valence electrons. The van der Waals surface area contributed by atoms with E-state index in [1.54, 1.807) is 6.92 Å². The van der Waals surface area contributed by atoms with Gasteiger partial charge in [0.05, 0.1) is 12.7 Å². The van der Waals surface area contributed by atoms with E-state index in [0.717, 1.165) is 0 Å². The second-order valence-corrected chi connectivity index (χ2v) is 6.46. The van der Waals surface area contributed by atoms with Crippen LogP contribution in [-0.2, 0) is 9.09 Å².